The van der Waals surface area contributed by atoms with Crippen LogP contribution in [0.5, 0.6) is 0 Å². The summed E-state index contributed by atoms with van der Waals surface area (Å²) in [5.74, 6) is 0. The van der Waals surface area contributed by atoms with Crippen LogP contribution in [0.3, 0.4) is 0 Å². The van der Waals surface area contributed by atoms with Gasteiger partial charge in [-0.1, -0.05) is 29.5 Å². The van der Waals surface area contributed by atoms with Crippen LogP contribution in [0.25, 0.3) is 16.3 Å². The molecule has 4 heteroatoms. The maximum absolute atomic E-state index is 4.16. The second kappa shape index (κ2) is 3.90. The minimum Gasteiger partial charge on any atom is -0.220 e. The summed E-state index contributed by atoms with van der Waals surface area (Å²) >= 11 is 1.67. The van der Waals surface area contributed by atoms with Crippen LogP contribution < -0.4 is 0 Å². The Morgan fingerprint density at radius 2 is 1.88 bits per heavy atom. The molecular weight excluding hydrogens is 218 g/mol. The number of para-hydroxylation sites is 1. The number of thiophene rings is 1. The molecule has 1 aromatic carbocycles. The van der Waals surface area contributed by atoms with Crippen LogP contribution in [-0.2, 0) is 0 Å². The summed E-state index contributed by atoms with van der Waals surface area (Å²) in [5.41, 5.74) is 1.94. The van der Waals surface area contributed by atoms with Crippen LogP contribution in [0.2, 0.25) is 0 Å². The Morgan fingerprint density at radius 3 is 2.62 bits per heavy atom. The molecule has 3 rings (SSSR count). The van der Waals surface area contributed by atoms with Crippen molar-refractivity contribution in [1.29, 1.82) is 0 Å². The molecule has 2 heterocycles. The van der Waals surface area contributed by atoms with Crippen molar-refractivity contribution in [2.75, 3.05) is 0 Å². The van der Waals surface area contributed by atoms with Gasteiger partial charge in [0, 0.05) is 0 Å². The highest BCUT2D eigenvalue weighted by Crippen LogP contribution is 2.22. The summed E-state index contributed by atoms with van der Waals surface area (Å²) < 4.78 is 1.79. The summed E-state index contributed by atoms with van der Waals surface area (Å²) in [5, 5.41) is 10.3. The first-order valence-electron chi connectivity index (χ1n) is 4.95. The van der Waals surface area contributed by atoms with E-state index in [0.717, 1.165) is 16.3 Å². The van der Waals surface area contributed by atoms with Gasteiger partial charge in [0.15, 0.2) is 0 Å². The highest BCUT2D eigenvalue weighted by molar-refractivity contribution is 7.13. The molecule has 16 heavy (non-hydrogen) atoms. The Labute approximate surface area is 97.0 Å². The van der Waals surface area contributed by atoms with E-state index in [2.05, 4.69) is 10.3 Å². The Hall–Kier alpha value is -1.94. The maximum Gasteiger partial charge on any atom is 0.123 e. The lowest BCUT2D eigenvalue weighted by Gasteiger charge is -1.96. The average molecular weight is 227 g/mol. The van der Waals surface area contributed by atoms with E-state index in [1.165, 1.54) is 0 Å². The number of aromatic nitrogens is 3. The first-order chi connectivity index (χ1) is 7.93. The van der Waals surface area contributed by atoms with E-state index < -0.39 is 0 Å². The number of hydrogen-bond donors (Lipinski definition) is 0. The molecule has 0 aliphatic heterocycles. The predicted molar refractivity (Wildman–Crippen MR) is 64.7 cm³/mol. The van der Waals surface area contributed by atoms with Crippen molar-refractivity contribution in [1.82, 2.24) is 15.0 Å². The van der Waals surface area contributed by atoms with Crippen LogP contribution in [0.1, 0.15) is 0 Å². The maximum atomic E-state index is 4.16. The minimum absolute atomic E-state index is 0.916. The largest absolute Gasteiger partial charge is 0.220 e. The van der Waals surface area contributed by atoms with Crippen LogP contribution in [0.4, 0.5) is 0 Å². The van der Waals surface area contributed by atoms with Gasteiger partial charge in [0.1, 0.15) is 5.69 Å². The predicted octanol–water partition coefficient (Wildman–Crippen LogP) is 3.00. The van der Waals surface area contributed by atoms with Gasteiger partial charge in [0.25, 0.3) is 0 Å². The molecule has 2 aromatic heterocycles. The first-order valence-corrected chi connectivity index (χ1v) is 5.83. The second-order valence-corrected chi connectivity index (χ2v) is 4.31. The number of nitrogens with zero attached hydrogens (tertiary/aromatic N) is 3. The average Bonchev–Trinajstić information content (AvgIpc) is 3.01. The fourth-order valence-corrected chi connectivity index (χ4v) is 2.18. The highest BCUT2D eigenvalue weighted by Gasteiger charge is 2.05. The minimum atomic E-state index is 0.916. The molecule has 0 saturated carbocycles. The Morgan fingerprint density at radius 1 is 1.00 bits per heavy atom. The third kappa shape index (κ3) is 1.63. The van der Waals surface area contributed by atoms with Crippen molar-refractivity contribution in [2.45, 2.75) is 0 Å². The van der Waals surface area contributed by atoms with Gasteiger partial charge in [-0.25, -0.2) is 4.68 Å². The molecule has 0 unspecified atom stereocenters. The standard InChI is InChI=1S/C12H9N3S/c1-2-5-10(6-3-1)15-9-11(13-14-15)12-7-4-8-16-12/h1-9H. The lowest BCUT2D eigenvalue weighted by atomic mass is 10.3. The van der Waals surface area contributed by atoms with E-state index in [1.54, 1.807) is 16.0 Å². The van der Waals surface area contributed by atoms with Gasteiger partial charge in [0.2, 0.25) is 0 Å². The van der Waals surface area contributed by atoms with E-state index in [4.69, 9.17) is 0 Å². The van der Waals surface area contributed by atoms with Crippen molar-refractivity contribution in [3.63, 3.8) is 0 Å². The molecule has 0 amide bonds. The fraction of sp³-hybridized carbons (Fsp3) is 0. The van der Waals surface area contributed by atoms with Crippen LogP contribution in [0, 0.1) is 0 Å². The lowest BCUT2D eigenvalue weighted by Crippen LogP contribution is -1.93. The second-order valence-electron chi connectivity index (χ2n) is 3.36. The molecular formula is C12H9N3S. The third-order valence-corrected chi connectivity index (χ3v) is 3.18. The Kier molecular flexibility index (Phi) is 2.27. The van der Waals surface area contributed by atoms with E-state index in [-0.39, 0.29) is 0 Å². The molecule has 78 valence electrons. The van der Waals surface area contributed by atoms with Crippen LogP contribution in [0.15, 0.2) is 54.0 Å². The number of benzene rings is 1. The summed E-state index contributed by atoms with van der Waals surface area (Å²) in [6.45, 7) is 0. The Balaban J connectivity index is 2.00. The molecule has 0 N–H and O–H groups in total. The summed E-state index contributed by atoms with van der Waals surface area (Å²) in [4.78, 5) is 1.14. The van der Waals surface area contributed by atoms with E-state index in [1.807, 2.05) is 54.0 Å². The molecule has 0 saturated heterocycles. The van der Waals surface area contributed by atoms with Crippen molar-refractivity contribution < 1.29 is 0 Å². The number of hydrogen-bond acceptors (Lipinski definition) is 3. The first kappa shape index (κ1) is 9.30. The fourth-order valence-electron chi connectivity index (χ4n) is 1.51. The molecule has 0 aliphatic carbocycles. The molecule has 0 fully saturated rings. The molecule has 3 nitrogen and oxygen atoms in total. The summed E-state index contributed by atoms with van der Waals surface area (Å²) in [6.07, 6.45) is 1.95. The van der Waals surface area contributed by atoms with Crippen LogP contribution >= 0.6 is 11.3 Å². The van der Waals surface area contributed by atoms with Crippen molar-refractivity contribution in [2.24, 2.45) is 0 Å². The smallest absolute Gasteiger partial charge is 0.123 e. The zero-order valence-electron chi connectivity index (χ0n) is 8.45. The number of rotatable bonds is 2. The topological polar surface area (TPSA) is 30.7 Å². The zero-order valence-corrected chi connectivity index (χ0v) is 9.26. The van der Waals surface area contributed by atoms with E-state index in [0.29, 0.717) is 0 Å². The summed E-state index contributed by atoms with van der Waals surface area (Å²) in [7, 11) is 0. The lowest BCUT2D eigenvalue weighted by molar-refractivity contribution is 0.804. The van der Waals surface area contributed by atoms with Gasteiger partial charge in [-0.2, -0.15) is 0 Å². The molecule has 3 aromatic rings. The monoisotopic (exact) mass is 227 g/mol. The van der Waals surface area contributed by atoms with Gasteiger partial charge >= 0.3 is 0 Å². The summed E-state index contributed by atoms with van der Waals surface area (Å²) in [6, 6.07) is 14.0. The van der Waals surface area contributed by atoms with E-state index in [9.17, 15) is 0 Å². The normalized spacial score (nSPS) is 10.5. The van der Waals surface area contributed by atoms with Crippen molar-refractivity contribution >= 4 is 11.3 Å². The van der Waals surface area contributed by atoms with Gasteiger partial charge in [0.05, 0.1) is 16.8 Å². The van der Waals surface area contributed by atoms with Gasteiger partial charge in [-0.05, 0) is 23.6 Å². The van der Waals surface area contributed by atoms with Gasteiger partial charge in [-0.15, -0.1) is 16.4 Å². The van der Waals surface area contributed by atoms with E-state index >= 15 is 0 Å². The van der Waals surface area contributed by atoms with Crippen molar-refractivity contribution in [3.05, 3.63) is 54.0 Å². The molecule has 0 radical (unpaired) electrons. The van der Waals surface area contributed by atoms with Gasteiger partial charge in [-0.3, -0.25) is 0 Å². The third-order valence-electron chi connectivity index (χ3n) is 2.29. The molecule has 0 spiro atoms. The zero-order chi connectivity index (χ0) is 10.8. The van der Waals surface area contributed by atoms with Crippen molar-refractivity contribution in [3.8, 4) is 16.3 Å². The molecule has 0 bridgehead atoms. The molecule has 0 atom stereocenters. The highest BCUT2D eigenvalue weighted by atomic mass is 32.1. The molecule has 0 aliphatic rings. The van der Waals surface area contributed by atoms with Gasteiger partial charge < -0.3 is 0 Å². The van der Waals surface area contributed by atoms with Crippen LogP contribution in [-0.4, -0.2) is 15.0 Å². The quantitative estimate of drug-likeness (QED) is 0.673. The Bertz CT molecular complexity index is 569. The SMILES string of the molecule is c1ccc(-n2cc(-c3cccs3)nn2)cc1.